The molecule has 3 rings (SSSR count). The van der Waals surface area contributed by atoms with E-state index in [2.05, 4.69) is 66.5 Å². The summed E-state index contributed by atoms with van der Waals surface area (Å²) in [5, 5.41) is 0. The SMILES string of the molecule is Cc1ccc(N2CCCN=C2C2=CC=CC=CC2)cc1. The zero-order valence-corrected chi connectivity index (χ0v) is 11.9. The van der Waals surface area contributed by atoms with Crippen molar-refractivity contribution in [2.24, 2.45) is 4.99 Å². The van der Waals surface area contributed by atoms with Gasteiger partial charge in [-0.3, -0.25) is 4.99 Å². The van der Waals surface area contributed by atoms with Gasteiger partial charge in [-0.25, -0.2) is 0 Å². The van der Waals surface area contributed by atoms with Crippen LogP contribution in [0.25, 0.3) is 0 Å². The van der Waals surface area contributed by atoms with Crippen molar-refractivity contribution in [2.75, 3.05) is 18.0 Å². The van der Waals surface area contributed by atoms with Crippen LogP contribution in [0.4, 0.5) is 5.69 Å². The van der Waals surface area contributed by atoms with Crippen molar-refractivity contribution < 1.29 is 0 Å². The quantitative estimate of drug-likeness (QED) is 0.787. The normalized spacial score (nSPS) is 18.6. The lowest BCUT2D eigenvalue weighted by Gasteiger charge is -2.30. The molecule has 0 bridgehead atoms. The van der Waals surface area contributed by atoms with Crippen LogP contribution in [0.15, 0.2) is 65.2 Å². The molecule has 1 aromatic carbocycles. The number of allylic oxidation sites excluding steroid dienone is 5. The number of nitrogens with zero attached hydrogens (tertiary/aromatic N) is 2. The summed E-state index contributed by atoms with van der Waals surface area (Å²) in [4.78, 5) is 7.13. The van der Waals surface area contributed by atoms with E-state index in [1.807, 2.05) is 0 Å². The fraction of sp³-hybridized carbons (Fsp3) is 0.278. The van der Waals surface area contributed by atoms with Crippen LogP contribution in [0.5, 0.6) is 0 Å². The van der Waals surface area contributed by atoms with Gasteiger partial charge >= 0.3 is 0 Å². The van der Waals surface area contributed by atoms with Crippen molar-refractivity contribution in [3.8, 4) is 0 Å². The molecule has 1 aliphatic carbocycles. The molecule has 0 radical (unpaired) electrons. The third-order valence-electron chi connectivity index (χ3n) is 3.68. The number of anilines is 1. The van der Waals surface area contributed by atoms with E-state index in [0.717, 1.165) is 31.8 Å². The maximum atomic E-state index is 4.78. The van der Waals surface area contributed by atoms with E-state index >= 15 is 0 Å². The zero-order valence-electron chi connectivity index (χ0n) is 11.9. The summed E-state index contributed by atoms with van der Waals surface area (Å²) in [6.45, 7) is 4.10. The summed E-state index contributed by atoms with van der Waals surface area (Å²) in [5.41, 5.74) is 3.84. The Morgan fingerprint density at radius 3 is 2.75 bits per heavy atom. The summed E-state index contributed by atoms with van der Waals surface area (Å²) in [6.07, 6.45) is 12.7. The fourth-order valence-corrected chi connectivity index (χ4v) is 2.60. The van der Waals surface area contributed by atoms with E-state index in [1.54, 1.807) is 0 Å². The van der Waals surface area contributed by atoms with E-state index in [4.69, 9.17) is 4.99 Å². The van der Waals surface area contributed by atoms with Gasteiger partial charge in [0.2, 0.25) is 0 Å². The molecule has 0 spiro atoms. The molecule has 2 heteroatoms. The molecule has 0 saturated carbocycles. The fourth-order valence-electron chi connectivity index (χ4n) is 2.60. The third-order valence-corrected chi connectivity index (χ3v) is 3.68. The maximum absolute atomic E-state index is 4.78. The Bertz CT molecular complexity index is 588. The van der Waals surface area contributed by atoms with Gasteiger partial charge in [0, 0.05) is 18.8 Å². The number of benzene rings is 1. The minimum atomic E-state index is 0.933. The van der Waals surface area contributed by atoms with E-state index in [1.165, 1.54) is 16.8 Å². The highest BCUT2D eigenvalue weighted by Gasteiger charge is 2.19. The molecule has 1 aliphatic heterocycles. The van der Waals surface area contributed by atoms with Crippen molar-refractivity contribution in [3.63, 3.8) is 0 Å². The first-order chi connectivity index (χ1) is 9.84. The molecule has 1 heterocycles. The van der Waals surface area contributed by atoms with Crippen LogP contribution in [0.3, 0.4) is 0 Å². The van der Waals surface area contributed by atoms with Gasteiger partial charge in [-0.1, -0.05) is 48.1 Å². The van der Waals surface area contributed by atoms with Crippen LogP contribution >= 0.6 is 0 Å². The molecule has 0 N–H and O–H groups in total. The Labute approximate surface area is 120 Å². The first-order valence-corrected chi connectivity index (χ1v) is 7.26. The minimum absolute atomic E-state index is 0.933. The van der Waals surface area contributed by atoms with Crippen molar-refractivity contribution in [3.05, 3.63) is 65.8 Å². The molecule has 2 aliphatic rings. The number of rotatable bonds is 2. The molecule has 0 atom stereocenters. The summed E-state index contributed by atoms with van der Waals surface area (Å²) in [5.74, 6) is 1.14. The van der Waals surface area contributed by atoms with E-state index in [-0.39, 0.29) is 0 Å². The summed E-state index contributed by atoms with van der Waals surface area (Å²) < 4.78 is 0. The lowest BCUT2D eigenvalue weighted by atomic mass is 10.1. The summed E-state index contributed by atoms with van der Waals surface area (Å²) >= 11 is 0. The second-order valence-electron chi connectivity index (χ2n) is 5.26. The average Bonchev–Trinajstić information content (AvgIpc) is 2.77. The number of amidine groups is 1. The van der Waals surface area contributed by atoms with Crippen molar-refractivity contribution in [2.45, 2.75) is 19.8 Å². The van der Waals surface area contributed by atoms with Crippen molar-refractivity contribution in [1.29, 1.82) is 0 Å². The molecule has 20 heavy (non-hydrogen) atoms. The topological polar surface area (TPSA) is 15.6 Å². The Hall–Kier alpha value is -2.09. The van der Waals surface area contributed by atoms with Gasteiger partial charge in [0.25, 0.3) is 0 Å². The predicted molar refractivity (Wildman–Crippen MR) is 86.4 cm³/mol. The number of hydrogen-bond donors (Lipinski definition) is 0. The van der Waals surface area contributed by atoms with Crippen LogP contribution in [-0.4, -0.2) is 18.9 Å². The van der Waals surface area contributed by atoms with Crippen molar-refractivity contribution >= 4 is 11.5 Å². The Morgan fingerprint density at radius 2 is 1.90 bits per heavy atom. The van der Waals surface area contributed by atoms with Gasteiger partial charge in [0.1, 0.15) is 5.84 Å². The van der Waals surface area contributed by atoms with E-state index < -0.39 is 0 Å². The molecule has 0 aromatic heterocycles. The Morgan fingerprint density at radius 1 is 1.05 bits per heavy atom. The minimum Gasteiger partial charge on any atom is -0.326 e. The van der Waals surface area contributed by atoms with Gasteiger partial charge < -0.3 is 4.90 Å². The summed E-state index contributed by atoms with van der Waals surface area (Å²) in [7, 11) is 0. The Balaban J connectivity index is 1.93. The van der Waals surface area contributed by atoms with Crippen LogP contribution in [0.1, 0.15) is 18.4 Å². The monoisotopic (exact) mass is 264 g/mol. The Kier molecular flexibility index (Phi) is 3.82. The molecule has 1 aromatic rings. The largest absolute Gasteiger partial charge is 0.326 e. The number of aliphatic imine (C=N–C) groups is 1. The summed E-state index contributed by atoms with van der Waals surface area (Å²) in [6, 6.07) is 8.73. The third kappa shape index (κ3) is 2.74. The molecule has 0 saturated heterocycles. The van der Waals surface area contributed by atoms with Crippen LogP contribution in [-0.2, 0) is 0 Å². The van der Waals surface area contributed by atoms with Crippen LogP contribution in [0.2, 0.25) is 0 Å². The first kappa shape index (κ1) is 12.9. The molecular formula is C18H20N2. The van der Waals surface area contributed by atoms with Gasteiger partial charge in [-0.05, 0) is 37.5 Å². The van der Waals surface area contributed by atoms with E-state index in [0.29, 0.717) is 0 Å². The molecule has 2 nitrogen and oxygen atoms in total. The average molecular weight is 264 g/mol. The second-order valence-corrected chi connectivity index (χ2v) is 5.26. The van der Waals surface area contributed by atoms with Crippen molar-refractivity contribution in [1.82, 2.24) is 0 Å². The highest BCUT2D eigenvalue weighted by atomic mass is 15.2. The van der Waals surface area contributed by atoms with Crippen LogP contribution < -0.4 is 4.90 Å². The standard InChI is InChI=1S/C18H20N2/c1-15-9-11-17(12-10-15)20-14-6-13-19-18(20)16-7-4-2-3-5-8-16/h2-5,7,9-12H,6,8,13-14H2,1H3. The van der Waals surface area contributed by atoms with Gasteiger partial charge in [-0.15, -0.1) is 0 Å². The highest BCUT2D eigenvalue weighted by molar-refractivity contribution is 6.10. The lowest BCUT2D eigenvalue weighted by Crippen LogP contribution is -2.36. The molecule has 0 fully saturated rings. The lowest BCUT2D eigenvalue weighted by molar-refractivity contribution is 0.788. The zero-order chi connectivity index (χ0) is 13.8. The van der Waals surface area contributed by atoms with Crippen LogP contribution in [0, 0.1) is 6.92 Å². The van der Waals surface area contributed by atoms with E-state index in [9.17, 15) is 0 Å². The predicted octanol–water partition coefficient (Wildman–Crippen LogP) is 4.05. The number of hydrogen-bond acceptors (Lipinski definition) is 2. The van der Waals surface area contributed by atoms with Gasteiger partial charge in [-0.2, -0.15) is 0 Å². The highest BCUT2D eigenvalue weighted by Crippen LogP contribution is 2.23. The smallest absolute Gasteiger partial charge is 0.131 e. The number of aryl methyl sites for hydroxylation is 1. The van der Waals surface area contributed by atoms with Gasteiger partial charge in [0.05, 0.1) is 0 Å². The van der Waals surface area contributed by atoms with Gasteiger partial charge in [0.15, 0.2) is 0 Å². The molecule has 102 valence electrons. The molecule has 0 unspecified atom stereocenters. The maximum Gasteiger partial charge on any atom is 0.131 e. The molecular weight excluding hydrogens is 244 g/mol. The second kappa shape index (κ2) is 5.91. The first-order valence-electron chi connectivity index (χ1n) is 7.26. The molecule has 0 amide bonds.